The first-order valence-electron chi connectivity index (χ1n) is 6.93. The van der Waals surface area contributed by atoms with Crippen molar-refractivity contribution in [2.75, 3.05) is 25.1 Å². The fourth-order valence-electron chi connectivity index (χ4n) is 1.80. The van der Waals surface area contributed by atoms with E-state index in [-0.39, 0.29) is 6.10 Å². The Labute approximate surface area is 120 Å². The van der Waals surface area contributed by atoms with Crippen molar-refractivity contribution < 1.29 is 9.47 Å². The Kier molecular flexibility index (Phi) is 5.93. The van der Waals surface area contributed by atoms with Crippen molar-refractivity contribution in [3.63, 3.8) is 0 Å². The van der Waals surface area contributed by atoms with Crippen LogP contribution in [0.25, 0.3) is 0 Å². The van der Waals surface area contributed by atoms with E-state index >= 15 is 0 Å². The molecule has 106 valence electrons. The summed E-state index contributed by atoms with van der Waals surface area (Å²) < 4.78 is 11.3. The summed E-state index contributed by atoms with van der Waals surface area (Å²) in [6.07, 6.45) is 0.148. The van der Waals surface area contributed by atoms with Crippen molar-refractivity contribution >= 4 is 5.69 Å². The lowest BCUT2D eigenvalue weighted by Gasteiger charge is -2.15. The summed E-state index contributed by atoms with van der Waals surface area (Å²) in [7, 11) is 0. The second-order valence-electron chi connectivity index (χ2n) is 4.59. The normalized spacial score (nSPS) is 11.8. The Morgan fingerprint density at radius 1 is 0.900 bits per heavy atom. The molecular formula is C17H21NO2. The van der Waals surface area contributed by atoms with Crippen LogP contribution in [0.15, 0.2) is 60.7 Å². The minimum Gasteiger partial charge on any atom is -0.491 e. The lowest BCUT2D eigenvalue weighted by Crippen LogP contribution is -2.22. The van der Waals surface area contributed by atoms with E-state index < -0.39 is 0 Å². The monoisotopic (exact) mass is 271 g/mol. The van der Waals surface area contributed by atoms with Crippen LogP contribution in [-0.4, -0.2) is 25.9 Å². The average molecular weight is 271 g/mol. The van der Waals surface area contributed by atoms with E-state index in [2.05, 4.69) is 12.2 Å². The van der Waals surface area contributed by atoms with Crippen molar-refractivity contribution in [1.29, 1.82) is 0 Å². The Bertz CT molecular complexity index is 473. The summed E-state index contributed by atoms with van der Waals surface area (Å²) in [6.45, 7) is 4.00. The van der Waals surface area contributed by atoms with Crippen LogP contribution in [0.4, 0.5) is 5.69 Å². The molecule has 0 aromatic heterocycles. The van der Waals surface area contributed by atoms with Gasteiger partial charge in [0.1, 0.15) is 12.4 Å². The maximum Gasteiger partial charge on any atom is 0.119 e. The largest absolute Gasteiger partial charge is 0.491 e. The summed E-state index contributed by atoms with van der Waals surface area (Å²) >= 11 is 0. The predicted octanol–water partition coefficient (Wildman–Crippen LogP) is 3.58. The number of hydrogen-bond donors (Lipinski definition) is 1. The Morgan fingerprint density at radius 3 is 2.25 bits per heavy atom. The van der Waals surface area contributed by atoms with Gasteiger partial charge in [-0.25, -0.2) is 0 Å². The number of ether oxygens (including phenoxy) is 2. The fourth-order valence-corrected chi connectivity index (χ4v) is 1.80. The third kappa shape index (κ3) is 5.33. The van der Waals surface area contributed by atoms with Gasteiger partial charge in [-0.05, 0) is 31.2 Å². The molecule has 0 heterocycles. The van der Waals surface area contributed by atoms with Crippen molar-refractivity contribution in [2.24, 2.45) is 0 Å². The summed E-state index contributed by atoms with van der Waals surface area (Å²) in [5.74, 6) is 0.881. The molecule has 1 unspecified atom stereocenters. The van der Waals surface area contributed by atoms with Crippen LogP contribution in [0.2, 0.25) is 0 Å². The summed E-state index contributed by atoms with van der Waals surface area (Å²) in [6, 6.07) is 19.9. The van der Waals surface area contributed by atoms with Crippen LogP contribution in [0.5, 0.6) is 5.75 Å². The number of hydrogen-bond acceptors (Lipinski definition) is 3. The number of benzene rings is 2. The molecule has 2 aromatic rings. The van der Waals surface area contributed by atoms with Gasteiger partial charge >= 0.3 is 0 Å². The van der Waals surface area contributed by atoms with Crippen molar-refractivity contribution in [2.45, 2.75) is 13.0 Å². The van der Waals surface area contributed by atoms with Crippen LogP contribution in [0.3, 0.4) is 0 Å². The van der Waals surface area contributed by atoms with Crippen LogP contribution < -0.4 is 10.1 Å². The van der Waals surface area contributed by atoms with Gasteiger partial charge in [0.2, 0.25) is 0 Å². The van der Waals surface area contributed by atoms with Gasteiger partial charge < -0.3 is 14.8 Å². The predicted molar refractivity (Wildman–Crippen MR) is 82.3 cm³/mol. The van der Waals surface area contributed by atoms with E-state index in [0.717, 1.165) is 18.0 Å². The van der Waals surface area contributed by atoms with E-state index in [1.807, 2.05) is 60.7 Å². The molecule has 0 aliphatic rings. The molecule has 0 aliphatic carbocycles. The smallest absolute Gasteiger partial charge is 0.119 e. The van der Waals surface area contributed by atoms with Crippen LogP contribution in [0, 0.1) is 0 Å². The maximum atomic E-state index is 5.70. The third-order valence-corrected chi connectivity index (χ3v) is 2.87. The zero-order valence-corrected chi connectivity index (χ0v) is 11.8. The van der Waals surface area contributed by atoms with E-state index in [4.69, 9.17) is 9.47 Å². The quantitative estimate of drug-likeness (QED) is 0.744. The Balaban J connectivity index is 1.57. The van der Waals surface area contributed by atoms with Crippen LogP contribution >= 0.6 is 0 Å². The van der Waals surface area contributed by atoms with Crippen molar-refractivity contribution in [1.82, 2.24) is 0 Å². The molecular weight excluding hydrogens is 250 g/mol. The molecule has 2 rings (SSSR count). The molecule has 0 saturated carbocycles. The number of rotatable bonds is 8. The molecule has 0 aliphatic heterocycles. The zero-order chi connectivity index (χ0) is 14.0. The van der Waals surface area contributed by atoms with E-state index in [0.29, 0.717) is 13.2 Å². The van der Waals surface area contributed by atoms with Gasteiger partial charge in [0.25, 0.3) is 0 Å². The Morgan fingerprint density at radius 2 is 1.55 bits per heavy atom. The maximum absolute atomic E-state index is 5.70. The SMILES string of the molecule is CC(CNc1ccccc1)OCCOc1ccccc1. The molecule has 0 radical (unpaired) electrons. The molecule has 0 fully saturated rings. The van der Waals surface area contributed by atoms with Gasteiger partial charge in [-0.3, -0.25) is 0 Å². The summed E-state index contributed by atoms with van der Waals surface area (Å²) in [5, 5.41) is 3.34. The zero-order valence-electron chi connectivity index (χ0n) is 11.8. The molecule has 0 saturated heterocycles. The number of nitrogens with one attached hydrogen (secondary N) is 1. The lowest BCUT2D eigenvalue weighted by atomic mass is 10.3. The molecule has 3 heteroatoms. The van der Waals surface area contributed by atoms with Gasteiger partial charge in [0.15, 0.2) is 0 Å². The highest BCUT2D eigenvalue weighted by Crippen LogP contribution is 2.08. The molecule has 20 heavy (non-hydrogen) atoms. The van der Waals surface area contributed by atoms with Gasteiger partial charge in [-0.1, -0.05) is 36.4 Å². The standard InChI is InChI=1S/C17H21NO2/c1-15(14-18-16-8-4-2-5-9-16)19-12-13-20-17-10-6-3-7-11-17/h2-11,15,18H,12-14H2,1H3. The topological polar surface area (TPSA) is 30.5 Å². The van der Waals surface area contributed by atoms with E-state index in [9.17, 15) is 0 Å². The lowest BCUT2D eigenvalue weighted by molar-refractivity contribution is 0.0519. The van der Waals surface area contributed by atoms with E-state index in [1.165, 1.54) is 0 Å². The first kappa shape index (κ1) is 14.4. The van der Waals surface area contributed by atoms with Gasteiger partial charge in [0, 0.05) is 12.2 Å². The highest BCUT2D eigenvalue weighted by atomic mass is 16.5. The number of para-hydroxylation sites is 2. The molecule has 3 nitrogen and oxygen atoms in total. The van der Waals surface area contributed by atoms with E-state index in [1.54, 1.807) is 0 Å². The molecule has 0 amide bonds. The first-order valence-corrected chi connectivity index (χ1v) is 6.93. The summed E-state index contributed by atoms with van der Waals surface area (Å²) in [5.41, 5.74) is 1.11. The minimum absolute atomic E-state index is 0.148. The summed E-state index contributed by atoms with van der Waals surface area (Å²) in [4.78, 5) is 0. The third-order valence-electron chi connectivity index (χ3n) is 2.87. The minimum atomic E-state index is 0.148. The highest BCUT2D eigenvalue weighted by molar-refractivity contribution is 5.42. The highest BCUT2D eigenvalue weighted by Gasteiger charge is 2.02. The van der Waals surface area contributed by atoms with Gasteiger partial charge in [-0.15, -0.1) is 0 Å². The van der Waals surface area contributed by atoms with Crippen LogP contribution in [0.1, 0.15) is 6.92 Å². The van der Waals surface area contributed by atoms with Crippen LogP contribution in [-0.2, 0) is 4.74 Å². The Hall–Kier alpha value is -2.00. The molecule has 1 atom stereocenters. The second-order valence-corrected chi connectivity index (χ2v) is 4.59. The van der Waals surface area contributed by atoms with Gasteiger partial charge in [-0.2, -0.15) is 0 Å². The molecule has 2 aromatic carbocycles. The first-order chi connectivity index (χ1) is 9.84. The second kappa shape index (κ2) is 8.23. The average Bonchev–Trinajstić information content (AvgIpc) is 2.52. The molecule has 0 bridgehead atoms. The van der Waals surface area contributed by atoms with Crippen molar-refractivity contribution in [3.8, 4) is 5.75 Å². The van der Waals surface area contributed by atoms with Crippen molar-refractivity contribution in [3.05, 3.63) is 60.7 Å². The fraction of sp³-hybridized carbons (Fsp3) is 0.294. The molecule has 0 spiro atoms. The molecule has 1 N–H and O–H groups in total. The number of anilines is 1. The van der Waals surface area contributed by atoms with Gasteiger partial charge in [0.05, 0.1) is 12.7 Å².